The maximum Gasteiger partial charge on any atom is 0.410 e. The van der Waals surface area contributed by atoms with Crippen molar-refractivity contribution < 1.29 is 9.53 Å². The number of benzene rings is 1. The van der Waals surface area contributed by atoms with Crippen molar-refractivity contribution in [3.05, 3.63) is 35.9 Å². The number of hydrogen-bond acceptors (Lipinski definition) is 2. The van der Waals surface area contributed by atoms with Gasteiger partial charge in [0, 0.05) is 19.0 Å². The summed E-state index contributed by atoms with van der Waals surface area (Å²) in [6.07, 6.45) is 3.25. The van der Waals surface area contributed by atoms with E-state index < -0.39 is 0 Å². The fraction of sp³-hybridized carbons (Fsp3) is 0.562. The molecule has 0 atom stereocenters. The maximum absolute atomic E-state index is 12.1. The molecular formula is C16H20ClNO2. The Balaban J connectivity index is 1.47. The first kappa shape index (κ1) is 13.7. The van der Waals surface area contributed by atoms with Crippen LogP contribution in [0, 0.1) is 11.3 Å². The standard InChI is InChI=1S/C16H20ClNO2/c17-10-14-8-16(9-14)6-7-18(12-16)15(19)20-11-13-4-2-1-3-5-13/h1-5,14H,6-12H2. The molecule has 2 aliphatic rings. The van der Waals surface area contributed by atoms with Crippen LogP contribution in [0.2, 0.25) is 0 Å². The first-order valence-electron chi connectivity index (χ1n) is 7.22. The van der Waals surface area contributed by atoms with Crippen LogP contribution >= 0.6 is 11.6 Å². The second-order valence-electron chi connectivity index (χ2n) is 6.14. The molecule has 2 fully saturated rings. The molecule has 1 amide bonds. The van der Waals surface area contributed by atoms with E-state index in [1.807, 2.05) is 35.2 Å². The van der Waals surface area contributed by atoms with Crippen molar-refractivity contribution in [2.45, 2.75) is 25.9 Å². The average molecular weight is 294 g/mol. The van der Waals surface area contributed by atoms with Gasteiger partial charge in [-0.1, -0.05) is 30.3 Å². The number of likely N-dealkylation sites (tertiary alicyclic amines) is 1. The smallest absolute Gasteiger partial charge is 0.410 e. The minimum Gasteiger partial charge on any atom is -0.445 e. The highest BCUT2D eigenvalue weighted by Crippen LogP contribution is 2.52. The summed E-state index contributed by atoms with van der Waals surface area (Å²) in [5, 5.41) is 0. The van der Waals surface area contributed by atoms with Crippen LogP contribution in [0.3, 0.4) is 0 Å². The normalized spacial score (nSPS) is 28.4. The van der Waals surface area contributed by atoms with Crippen molar-refractivity contribution in [1.29, 1.82) is 0 Å². The van der Waals surface area contributed by atoms with Crippen molar-refractivity contribution >= 4 is 17.7 Å². The lowest BCUT2D eigenvalue weighted by Crippen LogP contribution is -2.41. The van der Waals surface area contributed by atoms with Crippen LogP contribution in [-0.4, -0.2) is 30.0 Å². The number of ether oxygens (including phenoxy) is 1. The van der Waals surface area contributed by atoms with E-state index in [1.165, 1.54) is 12.8 Å². The Morgan fingerprint density at radius 3 is 2.80 bits per heavy atom. The van der Waals surface area contributed by atoms with Gasteiger partial charge in [0.15, 0.2) is 0 Å². The zero-order valence-corrected chi connectivity index (χ0v) is 12.3. The fourth-order valence-electron chi connectivity index (χ4n) is 3.51. The van der Waals surface area contributed by atoms with E-state index in [2.05, 4.69) is 0 Å². The summed E-state index contributed by atoms with van der Waals surface area (Å²) in [5.41, 5.74) is 1.37. The number of carbonyl (C=O) groups is 1. The third kappa shape index (κ3) is 2.78. The van der Waals surface area contributed by atoms with Crippen molar-refractivity contribution in [2.75, 3.05) is 19.0 Å². The van der Waals surface area contributed by atoms with Gasteiger partial charge in [0.1, 0.15) is 6.61 Å². The first-order chi connectivity index (χ1) is 9.71. The van der Waals surface area contributed by atoms with E-state index in [0.29, 0.717) is 17.9 Å². The molecule has 1 spiro atoms. The van der Waals surface area contributed by atoms with Gasteiger partial charge in [0.05, 0.1) is 0 Å². The van der Waals surface area contributed by atoms with Crippen LogP contribution in [0.4, 0.5) is 4.79 Å². The molecular weight excluding hydrogens is 274 g/mol. The van der Waals surface area contributed by atoms with E-state index in [-0.39, 0.29) is 6.09 Å². The highest BCUT2D eigenvalue weighted by atomic mass is 35.5. The lowest BCUT2D eigenvalue weighted by atomic mass is 9.62. The van der Waals surface area contributed by atoms with Crippen LogP contribution in [0.25, 0.3) is 0 Å². The first-order valence-corrected chi connectivity index (χ1v) is 7.76. The largest absolute Gasteiger partial charge is 0.445 e. The Hall–Kier alpha value is -1.22. The Bertz CT molecular complexity index is 471. The van der Waals surface area contributed by atoms with Crippen molar-refractivity contribution in [3.8, 4) is 0 Å². The van der Waals surface area contributed by atoms with Crippen LogP contribution in [-0.2, 0) is 11.3 Å². The molecule has 0 aromatic heterocycles. The highest BCUT2D eigenvalue weighted by Gasteiger charge is 2.49. The van der Waals surface area contributed by atoms with Crippen molar-refractivity contribution in [1.82, 2.24) is 4.90 Å². The third-order valence-corrected chi connectivity index (χ3v) is 5.00. The van der Waals surface area contributed by atoms with Gasteiger partial charge >= 0.3 is 6.09 Å². The fourth-order valence-corrected chi connectivity index (χ4v) is 3.73. The Kier molecular flexibility index (Phi) is 3.88. The number of hydrogen-bond donors (Lipinski definition) is 0. The summed E-state index contributed by atoms with van der Waals surface area (Å²) >= 11 is 5.88. The van der Waals surface area contributed by atoms with E-state index >= 15 is 0 Å². The number of rotatable bonds is 3. The second kappa shape index (κ2) is 5.65. The Labute approximate surface area is 124 Å². The zero-order chi connectivity index (χ0) is 14.0. The lowest BCUT2D eigenvalue weighted by molar-refractivity contribution is 0.0643. The number of carbonyl (C=O) groups excluding carboxylic acids is 1. The SMILES string of the molecule is O=C(OCc1ccccc1)N1CCC2(CC(CCl)C2)C1. The van der Waals surface area contributed by atoms with E-state index in [1.54, 1.807) is 0 Å². The molecule has 108 valence electrons. The molecule has 0 unspecified atom stereocenters. The molecule has 4 heteroatoms. The van der Waals surface area contributed by atoms with Gasteiger partial charge in [-0.05, 0) is 36.2 Å². The van der Waals surface area contributed by atoms with Gasteiger partial charge in [-0.2, -0.15) is 0 Å². The molecule has 0 bridgehead atoms. The van der Waals surface area contributed by atoms with Crippen molar-refractivity contribution in [2.24, 2.45) is 11.3 Å². The summed E-state index contributed by atoms with van der Waals surface area (Å²) in [7, 11) is 0. The molecule has 0 radical (unpaired) electrons. The molecule has 3 rings (SSSR count). The summed E-state index contributed by atoms with van der Waals surface area (Å²) in [4.78, 5) is 13.9. The van der Waals surface area contributed by atoms with Crippen LogP contribution in [0.1, 0.15) is 24.8 Å². The summed E-state index contributed by atoms with van der Waals surface area (Å²) in [6.45, 7) is 2.02. The summed E-state index contributed by atoms with van der Waals surface area (Å²) in [5.74, 6) is 1.40. The van der Waals surface area contributed by atoms with E-state index in [4.69, 9.17) is 16.3 Å². The molecule has 1 saturated heterocycles. The van der Waals surface area contributed by atoms with Gasteiger partial charge < -0.3 is 9.64 Å². The molecule has 3 nitrogen and oxygen atoms in total. The van der Waals surface area contributed by atoms with Gasteiger partial charge in [-0.25, -0.2) is 4.79 Å². The monoisotopic (exact) mass is 293 g/mol. The van der Waals surface area contributed by atoms with Gasteiger partial charge in [0.25, 0.3) is 0 Å². The van der Waals surface area contributed by atoms with Crippen LogP contribution < -0.4 is 0 Å². The van der Waals surface area contributed by atoms with Gasteiger partial charge in [-0.15, -0.1) is 11.6 Å². The molecule has 20 heavy (non-hydrogen) atoms. The predicted molar refractivity (Wildman–Crippen MR) is 78.7 cm³/mol. The Morgan fingerprint density at radius 1 is 1.35 bits per heavy atom. The average Bonchev–Trinajstić information content (AvgIpc) is 2.89. The number of nitrogens with zero attached hydrogens (tertiary/aromatic N) is 1. The molecule has 0 N–H and O–H groups in total. The zero-order valence-electron chi connectivity index (χ0n) is 11.6. The van der Waals surface area contributed by atoms with Crippen LogP contribution in [0.5, 0.6) is 0 Å². The molecule has 1 aliphatic heterocycles. The number of amides is 1. The lowest BCUT2D eigenvalue weighted by Gasteiger charge is -2.44. The van der Waals surface area contributed by atoms with Gasteiger partial charge in [0.2, 0.25) is 0 Å². The van der Waals surface area contributed by atoms with E-state index in [9.17, 15) is 4.79 Å². The molecule has 1 saturated carbocycles. The Morgan fingerprint density at radius 2 is 2.10 bits per heavy atom. The second-order valence-corrected chi connectivity index (χ2v) is 6.45. The third-order valence-electron chi connectivity index (χ3n) is 4.56. The topological polar surface area (TPSA) is 29.5 Å². The molecule has 1 aliphatic carbocycles. The number of halogens is 1. The van der Waals surface area contributed by atoms with Gasteiger partial charge in [-0.3, -0.25) is 0 Å². The minimum atomic E-state index is -0.181. The summed E-state index contributed by atoms with van der Waals surface area (Å²) in [6, 6.07) is 9.80. The highest BCUT2D eigenvalue weighted by molar-refractivity contribution is 6.18. The van der Waals surface area contributed by atoms with E-state index in [0.717, 1.165) is 31.0 Å². The molecule has 1 heterocycles. The minimum absolute atomic E-state index is 0.181. The summed E-state index contributed by atoms with van der Waals surface area (Å²) < 4.78 is 5.39. The van der Waals surface area contributed by atoms with Crippen molar-refractivity contribution in [3.63, 3.8) is 0 Å². The maximum atomic E-state index is 12.1. The van der Waals surface area contributed by atoms with Crippen LogP contribution in [0.15, 0.2) is 30.3 Å². The quantitative estimate of drug-likeness (QED) is 0.796. The predicted octanol–water partition coefficient (Wildman–Crippen LogP) is 3.66. The molecule has 1 aromatic carbocycles. The molecule has 1 aromatic rings. The number of alkyl halides is 1.